The van der Waals surface area contributed by atoms with Crippen LogP contribution in [0.15, 0.2) is 53.2 Å². The molecule has 27 heavy (non-hydrogen) atoms. The molecular formula is C20H23NO5S. The van der Waals surface area contributed by atoms with Crippen LogP contribution in [-0.2, 0) is 19.4 Å². The van der Waals surface area contributed by atoms with Crippen LogP contribution in [0.2, 0.25) is 0 Å². The molecule has 0 aliphatic heterocycles. The maximum absolute atomic E-state index is 11.9. The molecule has 0 fully saturated rings. The standard InChI is InChI=1S/C20H23NO5S/c1-14-7-6-12-21-19(14)26-17(13-22)18(20(2,3)25-4)15-8-10-16(11-9-15)27(5,23)24/h6-13H,1-5H3/b18-17+. The first kappa shape index (κ1) is 20.8. The van der Waals surface area contributed by atoms with Crippen LogP contribution in [0.3, 0.4) is 0 Å². The molecule has 6 nitrogen and oxygen atoms in total. The maximum Gasteiger partial charge on any atom is 0.222 e. The van der Waals surface area contributed by atoms with Crippen LogP contribution in [0.5, 0.6) is 5.88 Å². The number of methoxy groups -OCH3 is 1. The van der Waals surface area contributed by atoms with Crippen LogP contribution in [0.25, 0.3) is 5.57 Å². The predicted molar refractivity (Wildman–Crippen MR) is 103 cm³/mol. The monoisotopic (exact) mass is 389 g/mol. The number of nitrogens with zero attached hydrogens (tertiary/aromatic N) is 1. The molecule has 144 valence electrons. The van der Waals surface area contributed by atoms with Crippen molar-refractivity contribution in [1.29, 1.82) is 0 Å². The molecule has 0 unspecified atom stereocenters. The number of carbonyl (C=O) groups excluding carboxylic acids is 1. The molecule has 0 bridgehead atoms. The summed E-state index contributed by atoms with van der Waals surface area (Å²) in [6.07, 6.45) is 3.32. The highest BCUT2D eigenvalue weighted by Gasteiger charge is 2.29. The zero-order valence-corrected chi connectivity index (χ0v) is 16.8. The number of sulfone groups is 1. The number of hydrogen-bond donors (Lipinski definition) is 0. The number of aromatic nitrogens is 1. The van der Waals surface area contributed by atoms with Gasteiger partial charge in [-0.1, -0.05) is 18.2 Å². The highest BCUT2D eigenvalue weighted by Crippen LogP contribution is 2.34. The third-order valence-electron chi connectivity index (χ3n) is 4.21. The van der Waals surface area contributed by atoms with Gasteiger partial charge in [0.25, 0.3) is 0 Å². The number of ether oxygens (including phenoxy) is 2. The van der Waals surface area contributed by atoms with E-state index in [4.69, 9.17) is 9.47 Å². The van der Waals surface area contributed by atoms with Gasteiger partial charge in [-0.15, -0.1) is 0 Å². The minimum atomic E-state index is -3.32. The van der Waals surface area contributed by atoms with Gasteiger partial charge in [-0.25, -0.2) is 13.4 Å². The number of benzene rings is 1. The molecule has 0 saturated heterocycles. The number of carbonyl (C=O) groups is 1. The van der Waals surface area contributed by atoms with Crippen LogP contribution in [0, 0.1) is 6.92 Å². The Hall–Kier alpha value is -2.51. The summed E-state index contributed by atoms with van der Waals surface area (Å²) >= 11 is 0. The van der Waals surface area contributed by atoms with Crippen molar-refractivity contribution in [3.63, 3.8) is 0 Å². The van der Waals surface area contributed by atoms with Crippen molar-refractivity contribution < 1.29 is 22.7 Å². The molecular weight excluding hydrogens is 366 g/mol. The second-order valence-electron chi connectivity index (χ2n) is 6.60. The van der Waals surface area contributed by atoms with E-state index in [9.17, 15) is 13.2 Å². The van der Waals surface area contributed by atoms with E-state index < -0.39 is 15.4 Å². The van der Waals surface area contributed by atoms with Crippen molar-refractivity contribution in [2.45, 2.75) is 31.3 Å². The van der Waals surface area contributed by atoms with Crippen molar-refractivity contribution in [2.75, 3.05) is 13.4 Å². The smallest absolute Gasteiger partial charge is 0.222 e. The summed E-state index contributed by atoms with van der Waals surface area (Å²) in [6.45, 7) is 5.42. The highest BCUT2D eigenvalue weighted by molar-refractivity contribution is 7.90. The lowest BCUT2D eigenvalue weighted by molar-refractivity contribution is -0.106. The maximum atomic E-state index is 11.9. The Kier molecular flexibility index (Phi) is 6.18. The van der Waals surface area contributed by atoms with Gasteiger partial charge in [0.1, 0.15) is 0 Å². The molecule has 7 heteroatoms. The summed E-state index contributed by atoms with van der Waals surface area (Å²) in [5.74, 6) is 0.368. The molecule has 1 heterocycles. The molecule has 0 radical (unpaired) electrons. The Labute approximate surface area is 159 Å². The molecule has 0 spiro atoms. The molecule has 0 amide bonds. The summed E-state index contributed by atoms with van der Waals surface area (Å²) in [4.78, 5) is 16.2. The predicted octanol–water partition coefficient (Wildman–Crippen LogP) is 3.21. The number of allylic oxidation sites excluding steroid dienone is 1. The Morgan fingerprint density at radius 3 is 2.26 bits per heavy atom. The summed E-state index contributed by atoms with van der Waals surface area (Å²) in [7, 11) is -1.80. The molecule has 2 rings (SSSR count). The Balaban J connectivity index is 2.64. The lowest BCUT2D eigenvalue weighted by Gasteiger charge is -2.28. The number of hydrogen-bond acceptors (Lipinski definition) is 6. The minimum Gasteiger partial charge on any atom is -0.435 e. The van der Waals surface area contributed by atoms with Gasteiger partial charge in [0.15, 0.2) is 21.9 Å². The van der Waals surface area contributed by atoms with Crippen molar-refractivity contribution in [3.05, 3.63) is 59.5 Å². The first-order valence-corrected chi connectivity index (χ1v) is 10.1. The fraction of sp³-hybridized carbons (Fsp3) is 0.300. The average molecular weight is 389 g/mol. The molecule has 0 saturated carbocycles. The number of aldehydes is 1. The number of rotatable bonds is 7. The van der Waals surface area contributed by atoms with Crippen molar-refractivity contribution in [1.82, 2.24) is 4.98 Å². The van der Waals surface area contributed by atoms with Crippen molar-refractivity contribution >= 4 is 21.7 Å². The zero-order chi connectivity index (χ0) is 20.2. The first-order chi connectivity index (χ1) is 12.6. The summed E-state index contributed by atoms with van der Waals surface area (Å²) in [5.41, 5.74) is 1.01. The van der Waals surface area contributed by atoms with Gasteiger partial charge in [-0.05, 0) is 44.5 Å². The van der Waals surface area contributed by atoms with E-state index in [-0.39, 0.29) is 10.7 Å². The van der Waals surface area contributed by atoms with Gasteiger partial charge in [-0.2, -0.15) is 0 Å². The second kappa shape index (κ2) is 8.02. The normalized spacial score (nSPS) is 13.1. The lowest BCUT2D eigenvalue weighted by atomic mass is 9.90. The first-order valence-electron chi connectivity index (χ1n) is 8.25. The van der Waals surface area contributed by atoms with Crippen molar-refractivity contribution in [3.8, 4) is 5.88 Å². The summed E-state index contributed by atoms with van der Waals surface area (Å²) < 4.78 is 34.8. The van der Waals surface area contributed by atoms with Gasteiger partial charge in [-0.3, -0.25) is 4.79 Å². The SMILES string of the molecule is COC(C)(C)/C(=C(\C=O)Oc1ncccc1C)c1ccc(S(C)(=O)=O)cc1. The van der Waals surface area contributed by atoms with E-state index in [0.717, 1.165) is 11.8 Å². The van der Waals surface area contributed by atoms with E-state index in [1.807, 2.05) is 13.0 Å². The molecule has 2 aromatic rings. The van der Waals surface area contributed by atoms with E-state index in [1.165, 1.54) is 19.2 Å². The van der Waals surface area contributed by atoms with Gasteiger partial charge >= 0.3 is 0 Å². The number of aryl methyl sites for hydroxylation is 1. The van der Waals surface area contributed by atoms with E-state index in [1.54, 1.807) is 38.2 Å². The van der Waals surface area contributed by atoms with Gasteiger partial charge in [0.05, 0.1) is 10.5 Å². The zero-order valence-electron chi connectivity index (χ0n) is 16.0. The largest absolute Gasteiger partial charge is 0.435 e. The van der Waals surface area contributed by atoms with E-state index >= 15 is 0 Å². The van der Waals surface area contributed by atoms with Crippen LogP contribution in [0.1, 0.15) is 25.0 Å². The highest BCUT2D eigenvalue weighted by atomic mass is 32.2. The third kappa shape index (κ3) is 4.81. The fourth-order valence-corrected chi connectivity index (χ4v) is 3.20. The summed E-state index contributed by atoms with van der Waals surface area (Å²) in [5, 5.41) is 0. The Bertz CT molecular complexity index is 960. The fourth-order valence-electron chi connectivity index (χ4n) is 2.57. The van der Waals surface area contributed by atoms with Gasteiger partial charge < -0.3 is 9.47 Å². The molecule has 1 aromatic carbocycles. The molecule has 0 atom stereocenters. The average Bonchev–Trinajstić information content (AvgIpc) is 2.62. The summed E-state index contributed by atoms with van der Waals surface area (Å²) in [6, 6.07) is 9.84. The quantitative estimate of drug-likeness (QED) is 0.411. The molecule has 1 aromatic heterocycles. The van der Waals surface area contributed by atoms with Gasteiger partial charge in [0.2, 0.25) is 5.88 Å². The van der Waals surface area contributed by atoms with Crippen LogP contribution < -0.4 is 4.74 Å². The third-order valence-corrected chi connectivity index (χ3v) is 5.33. The minimum absolute atomic E-state index is 0.0516. The Morgan fingerprint density at radius 2 is 1.78 bits per heavy atom. The molecule has 0 aliphatic rings. The topological polar surface area (TPSA) is 82.6 Å². The van der Waals surface area contributed by atoms with Gasteiger partial charge in [0, 0.05) is 30.7 Å². The van der Waals surface area contributed by atoms with E-state index in [0.29, 0.717) is 23.3 Å². The van der Waals surface area contributed by atoms with Crippen LogP contribution in [-0.4, -0.2) is 38.7 Å². The number of pyridine rings is 1. The Morgan fingerprint density at radius 1 is 1.15 bits per heavy atom. The lowest BCUT2D eigenvalue weighted by Crippen LogP contribution is -2.27. The van der Waals surface area contributed by atoms with Crippen molar-refractivity contribution in [2.24, 2.45) is 0 Å². The van der Waals surface area contributed by atoms with E-state index in [2.05, 4.69) is 4.98 Å². The van der Waals surface area contributed by atoms with Crippen LogP contribution >= 0.6 is 0 Å². The second-order valence-corrected chi connectivity index (χ2v) is 8.61. The van der Waals surface area contributed by atoms with Crippen LogP contribution in [0.4, 0.5) is 0 Å². The molecule has 0 N–H and O–H groups in total. The molecule has 0 aliphatic carbocycles.